The van der Waals surface area contributed by atoms with Gasteiger partial charge in [0.2, 0.25) is 0 Å². The van der Waals surface area contributed by atoms with E-state index >= 15 is 0 Å². The van der Waals surface area contributed by atoms with Crippen molar-refractivity contribution in [1.29, 1.82) is 0 Å². The summed E-state index contributed by atoms with van der Waals surface area (Å²) >= 11 is 0. The van der Waals surface area contributed by atoms with E-state index in [2.05, 4.69) is 33.0 Å². The molecule has 3 rings (SSSR count). The molecule has 3 unspecified atom stereocenters. The normalized spacial score (nSPS) is 21.8. The van der Waals surface area contributed by atoms with Crippen LogP contribution in [0.2, 0.25) is 0 Å². The standard InChI is InChI=1S/C26H36N2O5/c1-14(2)21-22(15(3)4)28-23-19(27-21)13-12-18(24(23)29)20(26(32-6)33-7)16-8-10-17(11-9-16)25(30)31-5/h8-11,14-15,18,20-21,26-27H,12-13H2,1-7H3. The molecule has 1 aromatic carbocycles. The number of carbonyl (C=O) groups excluding carboxylic acids is 2. The van der Waals surface area contributed by atoms with Crippen LogP contribution in [0.5, 0.6) is 0 Å². The van der Waals surface area contributed by atoms with Crippen molar-refractivity contribution in [3.63, 3.8) is 0 Å². The molecule has 0 amide bonds. The second-order valence-corrected chi connectivity index (χ2v) is 9.37. The van der Waals surface area contributed by atoms with Gasteiger partial charge in [0.25, 0.3) is 0 Å². The molecular formula is C26H36N2O5. The lowest BCUT2D eigenvalue weighted by Crippen LogP contribution is -2.48. The maximum atomic E-state index is 13.8. The van der Waals surface area contributed by atoms with Crippen molar-refractivity contribution in [2.75, 3.05) is 21.3 Å². The molecule has 1 heterocycles. The Kier molecular flexibility index (Phi) is 8.08. The summed E-state index contributed by atoms with van der Waals surface area (Å²) in [6, 6.07) is 7.24. The van der Waals surface area contributed by atoms with Crippen LogP contribution in [0.1, 0.15) is 62.4 Å². The zero-order valence-electron chi connectivity index (χ0n) is 20.7. The van der Waals surface area contributed by atoms with E-state index in [0.717, 1.165) is 23.4 Å². The molecule has 33 heavy (non-hydrogen) atoms. The van der Waals surface area contributed by atoms with E-state index in [9.17, 15) is 9.59 Å². The average Bonchev–Trinajstić information content (AvgIpc) is 2.82. The average molecular weight is 457 g/mol. The number of rotatable bonds is 8. The van der Waals surface area contributed by atoms with Gasteiger partial charge in [0.1, 0.15) is 5.70 Å². The highest BCUT2D eigenvalue weighted by Crippen LogP contribution is 2.41. The van der Waals surface area contributed by atoms with Crippen molar-refractivity contribution in [3.8, 4) is 0 Å². The molecule has 7 heteroatoms. The van der Waals surface area contributed by atoms with Gasteiger partial charge in [-0.2, -0.15) is 0 Å². The van der Waals surface area contributed by atoms with Gasteiger partial charge in [-0.3, -0.25) is 4.79 Å². The van der Waals surface area contributed by atoms with Crippen molar-refractivity contribution in [3.05, 3.63) is 46.8 Å². The van der Waals surface area contributed by atoms with Gasteiger partial charge in [0.05, 0.1) is 18.7 Å². The number of benzene rings is 1. The minimum atomic E-state index is -0.612. The first kappa shape index (κ1) is 25.1. The Labute approximate surface area is 196 Å². The van der Waals surface area contributed by atoms with Crippen LogP contribution in [0.25, 0.3) is 0 Å². The molecule has 0 aromatic heterocycles. The minimum absolute atomic E-state index is 0.00486. The lowest BCUT2D eigenvalue weighted by molar-refractivity contribution is -0.141. The quantitative estimate of drug-likeness (QED) is 0.468. The molecule has 0 radical (unpaired) electrons. The van der Waals surface area contributed by atoms with E-state index in [0.29, 0.717) is 23.6 Å². The molecule has 0 fully saturated rings. The maximum absolute atomic E-state index is 13.8. The van der Waals surface area contributed by atoms with Gasteiger partial charge in [-0.1, -0.05) is 39.8 Å². The number of nitrogens with one attached hydrogen (secondary N) is 1. The molecule has 0 spiro atoms. The summed E-state index contributed by atoms with van der Waals surface area (Å²) < 4.78 is 16.1. The molecule has 7 nitrogen and oxygen atoms in total. The third-order valence-corrected chi connectivity index (χ3v) is 6.62. The highest BCUT2D eigenvalue weighted by atomic mass is 16.7. The summed E-state index contributed by atoms with van der Waals surface area (Å²) in [6.07, 6.45) is 0.786. The number of esters is 1. The molecule has 1 aliphatic heterocycles. The summed E-state index contributed by atoms with van der Waals surface area (Å²) in [4.78, 5) is 30.6. The number of carbonyl (C=O) groups is 2. The Morgan fingerprint density at radius 2 is 1.70 bits per heavy atom. The Bertz CT molecular complexity index is 929. The second kappa shape index (κ2) is 10.6. The third-order valence-electron chi connectivity index (χ3n) is 6.62. The van der Waals surface area contributed by atoms with Crippen molar-refractivity contribution >= 4 is 17.5 Å². The number of hydrogen-bond acceptors (Lipinski definition) is 7. The van der Waals surface area contributed by atoms with Gasteiger partial charge in [-0.25, -0.2) is 9.79 Å². The Balaban J connectivity index is 1.98. The monoisotopic (exact) mass is 456 g/mol. The van der Waals surface area contributed by atoms with Gasteiger partial charge in [-0.15, -0.1) is 0 Å². The molecule has 0 bridgehead atoms. The van der Waals surface area contributed by atoms with E-state index < -0.39 is 12.3 Å². The maximum Gasteiger partial charge on any atom is 0.337 e. The summed E-state index contributed by atoms with van der Waals surface area (Å²) in [7, 11) is 4.50. The number of aliphatic imine (C=N–C) groups is 1. The summed E-state index contributed by atoms with van der Waals surface area (Å²) in [5, 5.41) is 3.61. The fourth-order valence-electron chi connectivity index (χ4n) is 4.86. The number of hydrogen-bond donors (Lipinski definition) is 1. The SMILES string of the molecule is COC(=O)c1ccc(C(C(OC)OC)C2CCC3=C(N=C(C(C)C)C(C(C)C)N3)C2=O)cc1. The molecular weight excluding hydrogens is 420 g/mol. The van der Waals surface area contributed by atoms with Gasteiger partial charge < -0.3 is 19.5 Å². The van der Waals surface area contributed by atoms with Crippen LogP contribution in [0.4, 0.5) is 0 Å². The van der Waals surface area contributed by atoms with Crippen LogP contribution in [0, 0.1) is 17.8 Å². The van der Waals surface area contributed by atoms with E-state index in [1.165, 1.54) is 7.11 Å². The fraction of sp³-hybridized carbons (Fsp3) is 0.577. The number of nitrogens with zero attached hydrogens (tertiary/aromatic N) is 1. The molecule has 2 aliphatic rings. The van der Waals surface area contributed by atoms with E-state index in [-0.39, 0.29) is 29.6 Å². The Morgan fingerprint density at radius 1 is 1.06 bits per heavy atom. The first-order chi connectivity index (χ1) is 15.7. The van der Waals surface area contributed by atoms with Crippen LogP contribution in [-0.4, -0.2) is 51.1 Å². The van der Waals surface area contributed by atoms with Gasteiger partial charge in [0.15, 0.2) is 12.1 Å². The predicted octanol–water partition coefficient (Wildman–Crippen LogP) is 4.09. The zero-order chi connectivity index (χ0) is 24.3. The first-order valence-electron chi connectivity index (χ1n) is 11.6. The number of ether oxygens (including phenoxy) is 3. The molecule has 3 atom stereocenters. The Hall–Kier alpha value is -2.51. The van der Waals surface area contributed by atoms with Gasteiger partial charge in [-0.05, 0) is 42.4 Å². The van der Waals surface area contributed by atoms with E-state index in [1.54, 1.807) is 26.4 Å². The molecule has 1 aliphatic carbocycles. The molecule has 0 saturated heterocycles. The van der Waals surface area contributed by atoms with Gasteiger partial charge in [0, 0.05) is 37.5 Å². The summed E-state index contributed by atoms with van der Waals surface area (Å²) in [6.45, 7) is 8.57. The van der Waals surface area contributed by atoms with E-state index in [1.807, 2.05) is 12.1 Å². The third kappa shape index (κ3) is 5.04. The smallest absolute Gasteiger partial charge is 0.337 e. The Morgan fingerprint density at radius 3 is 2.21 bits per heavy atom. The first-order valence-corrected chi connectivity index (χ1v) is 11.6. The van der Waals surface area contributed by atoms with Gasteiger partial charge >= 0.3 is 5.97 Å². The van der Waals surface area contributed by atoms with Crippen molar-refractivity contribution in [1.82, 2.24) is 5.32 Å². The number of ketones is 1. The number of allylic oxidation sites excluding steroid dienone is 2. The number of methoxy groups -OCH3 is 3. The van der Waals surface area contributed by atoms with Crippen LogP contribution >= 0.6 is 0 Å². The second-order valence-electron chi connectivity index (χ2n) is 9.37. The molecule has 0 saturated carbocycles. The lowest BCUT2D eigenvalue weighted by atomic mass is 9.75. The topological polar surface area (TPSA) is 86.2 Å². The largest absolute Gasteiger partial charge is 0.465 e. The summed E-state index contributed by atoms with van der Waals surface area (Å²) in [5.41, 5.74) is 3.82. The number of Topliss-reactive ketones (excluding diaryl/α,β-unsaturated/α-hetero) is 1. The minimum Gasteiger partial charge on any atom is -0.465 e. The highest BCUT2D eigenvalue weighted by molar-refractivity contribution is 6.04. The molecule has 1 aromatic rings. The van der Waals surface area contributed by atoms with Crippen LogP contribution in [0.15, 0.2) is 40.7 Å². The van der Waals surface area contributed by atoms with Crippen molar-refractivity contribution in [2.24, 2.45) is 22.7 Å². The van der Waals surface area contributed by atoms with Crippen molar-refractivity contribution in [2.45, 2.75) is 58.8 Å². The van der Waals surface area contributed by atoms with Crippen LogP contribution < -0.4 is 5.32 Å². The lowest BCUT2D eigenvalue weighted by Gasteiger charge is -2.39. The molecule has 1 N–H and O–H groups in total. The molecule has 180 valence electrons. The van der Waals surface area contributed by atoms with Crippen LogP contribution in [-0.2, 0) is 19.0 Å². The van der Waals surface area contributed by atoms with E-state index in [4.69, 9.17) is 19.2 Å². The van der Waals surface area contributed by atoms with Crippen molar-refractivity contribution < 1.29 is 23.8 Å². The summed E-state index contributed by atoms with van der Waals surface area (Å²) in [5.74, 6) is -0.480. The fourth-order valence-corrected chi connectivity index (χ4v) is 4.86. The van der Waals surface area contributed by atoms with Crippen LogP contribution in [0.3, 0.4) is 0 Å². The predicted molar refractivity (Wildman–Crippen MR) is 127 cm³/mol. The zero-order valence-corrected chi connectivity index (χ0v) is 20.7. The highest BCUT2D eigenvalue weighted by Gasteiger charge is 2.42.